The van der Waals surface area contributed by atoms with Crippen molar-refractivity contribution in [2.75, 3.05) is 32.7 Å². The largest absolute Gasteiger partial charge is 0.493 e. The molecule has 0 aliphatic rings. The van der Waals surface area contributed by atoms with Crippen molar-refractivity contribution in [2.45, 2.75) is 6.92 Å². The predicted molar refractivity (Wildman–Crippen MR) is 103 cm³/mol. The second-order valence-corrected chi connectivity index (χ2v) is 5.61. The number of nitrogens with one attached hydrogen (secondary N) is 2. The molecule has 28 heavy (non-hydrogen) atoms. The average molecular weight is 386 g/mol. The smallest absolute Gasteiger partial charge is 0.342 e. The Labute approximate surface area is 162 Å². The summed E-state index contributed by atoms with van der Waals surface area (Å²) in [4.78, 5) is 36.2. The lowest BCUT2D eigenvalue weighted by Gasteiger charge is -2.12. The molecule has 2 aromatic rings. The Morgan fingerprint density at radius 2 is 1.75 bits per heavy atom. The number of anilines is 1. The van der Waals surface area contributed by atoms with Gasteiger partial charge in [-0.3, -0.25) is 9.59 Å². The van der Waals surface area contributed by atoms with Gasteiger partial charge < -0.3 is 24.8 Å². The molecule has 2 aromatic carbocycles. The van der Waals surface area contributed by atoms with Gasteiger partial charge in [0.15, 0.2) is 18.1 Å². The minimum Gasteiger partial charge on any atom is -0.493 e. The first-order chi connectivity index (χ1) is 13.5. The number of ether oxygens (including phenoxy) is 3. The molecule has 2 N–H and O–H groups in total. The van der Waals surface area contributed by atoms with E-state index in [1.807, 2.05) is 6.92 Å². The number of hydrogen-bond donors (Lipinski definition) is 2. The van der Waals surface area contributed by atoms with Crippen molar-refractivity contribution in [3.8, 4) is 11.5 Å². The van der Waals surface area contributed by atoms with Gasteiger partial charge in [0.2, 0.25) is 0 Å². The van der Waals surface area contributed by atoms with Gasteiger partial charge in [-0.1, -0.05) is 12.1 Å². The summed E-state index contributed by atoms with van der Waals surface area (Å²) < 4.78 is 15.4. The Bertz CT molecular complexity index is 866. The van der Waals surface area contributed by atoms with Crippen LogP contribution in [-0.2, 0) is 9.53 Å². The average Bonchev–Trinajstić information content (AvgIpc) is 2.71. The molecule has 0 aromatic heterocycles. The molecule has 0 atom stereocenters. The molecule has 0 aliphatic carbocycles. The maximum Gasteiger partial charge on any atom is 0.342 e. The van der Waals surface area contributed by atoms with Crippen LogP contribution >= 0.6 is 0 Å². The van der Waals surface area contributed by atoms with E-state index in [1.54, 1.807) is 30.3 Å². The van der Waals surface area contributed by atoms with Gasteiger partial charge in [0.05, 0.1) is 14.2 Å². The van der Waals surface area contributed by atoms with Crippen LogP contribution in [0.2, 0.25) is 0 Å². The summed E-state index contributed by atoms with van der Waals surface area (Å²) in [5.74, 6) is -0.894. The molecule has 0 saturated heterocycles. The van der Waals surface area contributed by atoms with Crippen LogP contribution in [0.15, 0.2) is 42.5 Å². The number of para-hydroxylation sites is 1. The topological polar surface area (TPSA) is 103 Å². The first kappa shape index (κ1) is 20.8. The fraction of sp³-hybridized carbons (Fsp3) is 0.250. The third-order valence-corrected chi connectivity index (χ3v) is 3.70. The number of esters is 1. The van der Waals surface area contributed by atoms with Crippen LogP contribution in [0.5, 0.6) is 11.5 Å². The number of amides is 2. The zero-order chi connectivity index (χ0) is 20.5. The summed E-state index contributed by atoms with van der Waals surface area (Å²) in [5, 5.41) is 5.26. The molecule has 0 aliphatic heterocycles. The Hall–Kier alpha value is -3.55. The fourth-order valence-electron chi connectivity index (χ4n) is 2.45. The van der Waals surface area contributed by atoms with E-state index in [1.165, 1.54) is 26.4 Å². The third kappa shape index (κ3) is 5.23. The molecule has 2 rings (SSSR count). The highest BCUT2D eigenvalue weighted by molar-refractivity contribution is 5.99. The summed E-state index contributed by atoms with van der Waals surface area (Å²) >= 11 is 0. The number of hydrogen-bond acceptors (Lipinski definition) is 6. The fourth-order valence-corrected chi connectivity index (χ4v) is 2.45. The molecule has 148 valence electrons. The maximum atomic E-state index is 12.3. The van der Waals surface area contributed by atoms with Crippen molar-refractivity contribution >= 4 is 23.5 Å². The van der Waals surface area contributed by atoms with Crippen molar-refractivity contribution in [2.24, 2.45) is 0 Å². The molecule has 0 bridgehead atoms. The van der Waals surface area contributed by atoms with Gasteiger partial charge in [0.25, 0.3) is 11.8 Å². The summed E-state index contributed by atoms with van der Waals surface area (Å²) in [6, 6.07) is 11.2. The van der Waals surface area contributed by atoms with Gasteiger partial charge in [-0.05, 0) is 37.3 Å². The standard InChI is InChI=1S/C20H22N2O6/c1-4-21-19(24)13-7-5-8-14(11-13)22-17(23)12-28-20(25)15-9-6-10-16(26-2)18(15)27-3/h5-11H,4,12H2,1-3H3,(H,21,24)(H,22,23). The quantitative estimate of drug-likeness (QED) is 0.675. The molecule has 0 unspecified atom stereocenters. The van der Waals surface area contributed by atoms with E-state index in [0.29, 0.717) is 23.5 Å². The van der Waals surface area contributed by atoms with Crippen molar-refractivity contribution in [1.82, 2.24) is 5.32 Å². The van der Waals surface area contributed by atoms with Crippen LogP contribution in [0.3, 0.4) is 0 Å². The molecule has 0 radical (unpaired) electrons. The first-order valence-corrected chi connectivity index (χ1v) is 8.56. The Morgan fingerprint density at radius 1 is 1.00 bits per heavy atom. The summed E-state index contributed by atoms with van der Waals surface area (Å²) in [6.45, 7) is 1.82. The van der Waals surface area contributed by atoms with Crippen LogP contribution in [0, 0.1) is 0 Å². The van der Waals surface area contributed by atoms with E-state index in [9.17, 15) is 14.4 Å². The lowest BCUT2D eigenvalue weighted by Crippen LogP contribution is -2.23. The molecule has 8 heteroatoms. The van der Waals surface area contributed by atoms with Gasteiger partial charge in [0, 0.05) is 17.8 Å². The molecule has 0 spiro atoms. The molecule has 8 nitrogen and oxygen atoms in total. The molecule has 0 fully saturated rings. The summed E-state index contributed by atoms with van der Waals surface area (Å²) in [6.07, 6.45) is 0. The van der Waals surface area contributed by atoms with Gasteiger partial charge in [0.1, 0.15) is 5.56 Å². The molecule has 2 amide bonds. The second-order valence-electron chi connectivity index (χ2n) is 5.61. The summed E-state index contributed by atoms with van der Waals surface area (Å²) in [7, 11) is 2.86. The number of carbonyl (C=O) groups is 3. The van der Waals surface area contributed by atoms with E-state index in [0.717, 1.165) is 0 Å². The lowest BCUT2D eigenvalue weighted by molar-refractivity contribution is -0.119. The summed E-state index contributed by atoms with van der Waals surface area (Å²) in [5.41, 5.74) is 0.981. The Balaban J connectivity index is 1.99. The van der Waals surface area contributed by atoms with Gasteiger partial charge in [-0.15, -0.1) is 0 Å². The number of methoxy groups -OCH3 is 2. The molecular formula is C20H22N2O6. The SMILES string of the molecule is CCNC(=O)c1cccc(NC(=O)COC(=O)c2cccc(OC)c2OC)c1. The van der Waals surface area contributed by atoms with Crippen molar-refractivity contribution in [3.63, 3.8) is 0 Å². The van der Waals surface area contributed by atoms with Crippen molar-refractivity contribution < 1.29 is 28.6 Å². The lowest BCUT2D eigenvalue weighted by atomic mass is 10.2. The van der Waals surface area contributed by atoms with E-state index < -0.39 is 18.5 Å². The van der Waals surface area contributed by atoms with Crippen LogP contribution in [-0.4, -0.2) is 45.2 Å². The normalized spacial score (nSPS) is 9.96. The highest BCUT2D eigenvalue weighted by Crippen LogP contribution is 2.31. The molecule has 0 saturated carbocycles. The van der Waals surface area contributed by atoms with Crippen LogP contribution in [0.25, 0.3) is 0 Å². The Morgan fingerprint density at radius 3 is 2.43 bits per heavy atom. The van der Waals surface area contributed by atoms with Gasteiger partial charge in [-0.25, -0.2) is 4.79 Å². The zero-order valence-corrected chi connectivity index (χ0v) is 15.9. The van der Waals surface area contributed by atoms with Crippen LogP contribution in [0.1, 0.15) is 27.6 Å². The molecule has 0 heterocycles. The predicted octanol–water partition coefficient (Wildman–Crippen LogP) is 2.25. The van der Waals surface area contributed by atoms with Crippen LogP contribution < -0.4 is 20.1 Å². The second kappa shape index (κ2) is 9.96. The highest BCUT2D eigenvalue weighted by Gasteiger charge is 2.18. The highest BCUT2D eigenvalue weighted by atomic mass is 16.5. The molecular weight excluding hydrogens is 364 g/mol. The number of benzene rings is 2. The minimum absolute atomic E-state index is 0.146. The monoisotopic (exact) mass is 386 g/mol. The van der Waals surface area contributed by atoms with Crippen molar-refractivity contribution in [1.29, 1.82) is 0 Å². The van der Waals surface area contributed by atoms with Gasteiger partial charge >= 0.3 is 5.97 Å². The Kier molecular flexibility index (Phi) is 7.38. The third-order valence-electron chi connectivity index (χ3n) is 3.70. The van der Waals surface area contributed by atoms with Crippen molar-refractivity contribution in [3.05, 3.63) is 53.6 Å². The van der Waals surface area contributed by atoms with Gasteiger partial charge in [-0.2, -0.15) is 0 Å². The number of rotatable bonds is 8. The maximum absolute atomic E-state index is 12.3. The zero-order valence-electron chi connectivity index (χ0n) is 15.9. The van der Waals surface area contributed by atoms with E-state index in [4.69, 9.17) is 14.2 Å². The first-order valence-electron chi connectivity index (χ1n) is 8.56. The van der Waals surface area contributed by atoms with E-state index in [-0.39, 0.29) is 17.2 Å². The van der Waals surface area contributed by atoms with E-state index in [2.05, 4.69) is 10.6 Å². The minimum atomic E-state index is -0.720. The van der Waals surface area contributed by atoms with Crippen LogP contribution in [0.4, 0.5) is 5.69 Å². The number of carbonyl (C=O) groups excluding carboxylic acids is 3. The van der Waals surface area contributed by atoms with E-state index >= 15 is 0 Å².